The maximum absolute atomic E-state index is 13.5. The van der Waals surface area contributed by atoms with Gasteiger partial charge in [0.2, 0.25) is 0 Å². The van der Waals surface area contributed by atoms with Gasteiger partial charge in [0.1, 0.15) is 11.4 Å². The Morgan fingerprint density at radius 3 is 2.73 bits per heavy atom. The van der Waals surface area contributed by atoms with Crippen molar-refractivity contribution in [2.24, 2.45) is 0 Å². The Morgan fingerprint density at radius 2 is 2.03 bits per heavy atom. The zero-order valence-corrected chi connectivity index (χ0v) is 16.8. The van der Waals surface area contributed by atoms with Gasteiger partial charge < -0.3 is 9.84 Å². The third kappa shape index (κ3) is 3.87. The first-order chi connectivity index (χ1) is 14.3. The average Bonchev–Trinajstić information content (AvgIpc) is 3.32. The minimum atomic E-state index is -4.51. The molecule has 0 saturated carbocycles. The Hall–Kier alpha value is -2.65. The molecule has 1 fully saturated rings. The highest BCUT2D eigenvalue weighted by atomic mass is 19.4. The zero-order chi connectivity index (χ0) is 21.5. The van der Waals surface area contributed by atoms with Crippen molar-refractivity contribution in [3.8, 4) is 5.75 Å². The molecule has 6 nitrogen and oxygen atoms in total. The summed E-state index contributed by atoms with van der Waals surface area (Å²) in [7, 11) is 1.55. The van der Waals surface area contributed by atoms with E-state index in [9.17, 15) is 18.3 Å². The fraction of sp³-hybridized carbons (Fsp3) is 0.429. The molecule has 0 bridgehead atoms. The fourth-order valence-corrected chi connectivity index (χ4v) is 4.12. The monoisotopic (exact) mass is 420 g/mol. The number of methoxy groups -OCH3 is 1. The fourth-order valence-electron chi connectivity index (χ4n) is 4.12. The molecular formula is C21H23F3N4O2. The van der Waals surface area contributed by atoms with Crippen LogP contribution in [-0.4, -0.2) is 38.3 Å². The van der Waals surface area contributed by atoms with Crippen molar-refractivity contribution < 1.29 is 23.0 Å². The molecule has 1 aliphatic rings. The number of hydrogen-bond acceptors (Lipinski definition) is 5. The Labute approximate surface area is 171 Å². The van der Waals surface area contributed by atoms with E-state index in [0.717, 1.165) is 35.5 Å². The average molecular weight is 420 g/mol. The lowest BCUT2D eigenvalue weighted by Crippen LogP contribution is -2.23. The van der Waals surface area contributed by atoms with Gasteiger partial charge in [0.05, 0.1) is 25.5 Å². The van der Waals surface area contributed by atoms with E-state index in [1.54, 1.807) is 20.1 Å². The van der Waals surface area contributed by atoms with E-state index in [2.05, 4.69) is 15.0 Å². The highest BCUT2D eigenvalue weighted by molar-refractivity contribution is 5.43. The maximum Gasteiger partial charge on any atom is 0.433 e. The Kier molecular flexibility index (Phi) is 5.42. The quantitative estimate of drug-likeness (QED) is 0.679. The molecule has 1 atom stereocenters. The van der Waals surface area contributed by atoms with Gasteiger partial charge in [-0.25, -0.2) is 9.50 Å². The topological polar surface area (TPSA) is 62.9 Å². The lowest BCUT2D eigenvalue weighted by Gasteiger charge is -2.23. The first kappa shape index (κ1) is 20.6. The molecule has 0 unspecified atom stereocenters. The maximum atomic E-state index is 13.5. The molecule has 1 N–H and O–H groups in total. The van der Waals surface area contributed by atoms with Crippen molar-refractivity contribution in [3.63, 3.8) is 0 Å². The molecule has 2 aromatic heterocycles. The summed E-state index contributed by atoms with van der Waals surface area (Å²) in [6, 6.07) is 8.23. The van der Waals surface area contributed by atoms with E-state index in [0.29, 0.717) is 29.2 Å². The van der Waals surface area contributed by atoms with E-state index in [4.69, 9.17) is 4.74 Å². The predicted octanol–water partition coefficient (Wildman–Crippen LogP) is 3.89. The number of hydrogen-bond donors (Lipinski definition) is 1. The van der Waals surface area contributed by atoms with E-state index < -0.39 is 11.9 Å². The van der Waals surface area contributed by atoms with Crippen LogP contribution in [0.15, 0.2) is 30.3 Å². The van der Waals surface area contributed by atoms with Gasteiger partial charge in [-0.3, -0.25) is 4.90 Å². The van der Waals surface area contributed by atoms with Gasteiger partial charge in [0.15, 0.2) is 5.65 Å². The molecule has 0 radical (unpaired) electrons. The lowest BCUT2D eigenvalue weighted by atomic mass is 10.1. The summed E-state index contributed by atoms with van der Waals surface area (Å²) < 4.78 is 46.5. The summed E-state index contributed by atoms with van der Waals surface area (Å²) in [5.41, 5.74) is 1.99. The lowest BCUT2D eigenvalue weighted by molar-refractivity contribution is -0.142. The molecule has 1 saturated heterocycles. The van der Waals surface area contributed by atoms with Crippen LogP contribution in [0.5, 0.6) is 5.75 Å². The van der Waals surface area contributed by atoms with Crippen LogP contribution in [0.3, 0.4) is 0 Å². The molecule has 1 aromatic carbocycles. The molecule has 4 rings (SSSR count). The van der Waals surface area contributed by atoms with Crippen LogP contribution >= 0.6 is 0 Å². The van der Waals surface area contributed by atoms with Gasteiger partial charge in [0, 0.05) is 23.9 Å². The molecule has 0 amide bonds. The number of aliphatic hydroxyl groups is 1. The Bertz CT molecular complexity index is 1060. The molecule has 9 heteroatoms. The molecular weight excluding hydrogens is 397 g/mol. The highest BCUT2D eigenvalue weighted by Crippen LogP contribution is 2.35. The minimum Gasteiger partial charge on any atom is -0.496 e. The van der Waals surface area contributed by atoms with Crippen LogP contribution in [-0.2, 0) is 19.3 Å². The first-order valence-corrected chi connectivity index (χ1v) is 9.75. The number of rotatable bonds is 5. The van der Waals surface area contributed by atoms with Crippen LogP contribution in [0.1, 0.15) is 47.1 Å². The Morgan fingerprint density at radius 1 is 1.23 bits per heavy atom. The second-order valence-corrected chi connectivity index (χ2v) is 7.55. The molecule has 30 heavy (non-hydrogen) atoms. The van der Waals surface area contributed by atoms with Gasteiger partial charge in [-0.15, -0.1) is 0 Å². The largest absolute Gasteiger partial charge is 0.496 e. The van der Waals surface area contributed by atoms with Crippen molar-refractivity contribution in [1.82, 2.24) is 19.5 Å². The number of halogens is 3. The smallest absolute Gasteiger partial charge is 0.433 e. The number of benzene rings is 1. The van der Waals surface area contributed by atoms with Gasteiger partial charge >= 0.3 is 6.18 Å². The van der Waals surface area contributed by atoms with Crippen molar-refractivity contribution in [1.29, 1.82) is 0 Å². The molecule has 3 aromatic rings. The van der Waals surface area contributed by atoms with Gasteiger partial charge in [-0.1, -0.05) is 6.07 Å². The molecule has 0 aliphatic carbocycles. The third-order valence-corrected chi connectivity index (χ3v) is 5.47. The normalized spacial score (nSPS) is 17.7. The second kappa shape index (κ2) is 7.88. The number of aromatic nitrogens is 3. The van der Waals surface area contributed by atoms with Crippen LogP contribution < -0.4 is 4.74 Å². The standard InChI is InChI=1S/C21H23F3N4O2/c1-13-8-19(21(22,23)24)28-20(25-13)10-16(26-28)17-4-3-7-27(17)11-14-5-6-18(30-2)15(9-14)12-29/h5-6,8-10,17,29H,3-4,7,11-12H2,1-2H3/t17-/m0/s1. The Balaban J connectivity index is 1.65. The number of aryl methyl sites for hydroxylation is 1. The van der Waals surface area contributed by atoms with E-state index in [1.807, 2.05) is 18.2 Å². The summed E-state index contributed by atoms with van der Waals surface area (Å²) in [6.45, 7) is 2.84. The number of ether oxygens (including phenoxy) is 1. The van der Waals surface area contributed by atoms with Gasteiger partial charge in [0.25, 0.3) is 0 Å². The van der Waals surface area contributed by atoms with Crippen molar-refractivity contribution >= 4 is 5.65 Å². The minimum absolute atomic E-state index is 0.0900. The predicted molar refractivity (Wildman–Crippen MR) is 104 cm³/mol. The van der Waals surface area contributed by atoms with Crippen LogP contribution in [0.25, 0.3) is 5.65 Å². The number of likely N-dealkylation sites (tertiary alicyclic amines) is 1. The van der Waals surface area contributed by atoms with E-state index in [-0.39, 0.29) is 18.3 Å². The zero-order valence-electron chi connectivity index (χ0n) is 16.8. The van der Waals surface area contributed by atoms with E-state index in [1.165, 1.54) is 0 Å². The molecule has 1 aliphatic heterocycles. The second-order valence-electron chi connectivity index (χ2n) is 7.55. The third-order valence-electron chi connectivity index (χ3n) is 5.47. The molecule has 0 spiro atoms. The highest BCUT2D eigenvalue weighted by Gasteiger charge is 2.36. The SMILES string of the molecule is COc1ccc(CN2CCC[C@H]2c2cc3nc(C)cc(C(F)(F)F)n3n2)cc1CO. The van der Waals surface area contributed by atoms with E-state index >= 15 is 0 Å². The number of fused-ring (bicyclic) bond motifs is 1. The number of nitrogens with zero attached hydrogens (tertiary/aromatic N) is 4. The van der Waals surface area contributed by atoms with Crippen LogP contribution in [0.2, 0.25) is 0 Å². The van der Waals surface area contributed by atoms with Crippen molar-refractivity contribution in [3.05, 3.63) is 58.5 Å². The first-order valence-electron chi connectivity index (χ1n) is 9.75. The van der Waals surface area contributed by atoms with Gasteiger partial charge in [-0.05, 0) is 50.1 Å². The summed E-state index contributed by atoms with van der Waals surface area (Å²) in [4.78, 5) is 6.43. The molecule has 160 valence electrons. The number of aliphatic hydroxyl groups excluding tert-OH is 1. The summed E-state index contributed by atoms with van der Waals surface area (Å²) in [6.07, 6.45) is -2.76. The van der Waals surface area contributed by atoms with Gasteiger partial charge in [-0.2, -0.15) is 18.3 Å². The number of alkyl halides is 3. The summed E-state index contributed by atoms with van der Waals surface area (Å²) in [5.74, 6) is 0.626. The summed E-state index contributed by atoms with van der Waals surface area (Å²) in [5, 5.41) is 13.8. The summed E-state index contributed by atoms with van der Waals surface area (Å²) >= 11 is 0. The van der Waals surface area contributed by atoms with Crippen molar-refractivity contribution in [2.75, 3.05) is 13.7 Å². The van der Waals surface area contributed by atoms with Crippen LogP contribution in [0.4, 0.5) is 13.2 Å². The van der Waals surface area contributed by atoms with Crippen LogP contribution in [0, 0.1) is 6.92 Å². The van der Waals surface area contributed by atoms with Crippen molar-refractivity contribution in [2.45, 2.75) is 45.1 Å². The molecule has 3 heterocycles.